The van der Waals surface area contributed by atoms with E-state index in [0.717, 1.165) is 70.6 Å². The van der Waals surface area contributed by atoms with Crippen LogP contribution in [0, 0.1) is 0 Å². The molecule has 4 heteroatoms. The lowest BCUT2D eigenvalue weighted by Crippen LogP contribution is -2.27. The third-order valence-electron chi connectivity index (χ3n) is 9.55. The van der Waals surface area contributed by atoms with Crippen molar-refractivity contribution in [1.29, 1.82) is 0 Å². The maximum atomic E-state index is 12.2. The van der Waals surface area contributed by atoms with E-state index < -0.39 is 6.10 Å². The Labute approximate surface area is 329 Å². The van der Waals surface area contributed by atoms with Crippen molar-refractivity contribution in [3.05, 3.63) is 72.9 Å². The number of aliphatic hydroxyl groups is 1. The Bertz CT molecular complexity index is 911. The second-order valence-corrected chi connectivity index (χ2v) is 14.7. The number of rotatable bonds is 41. The van der Waals surface area contributed by atoms with Crippen LogP contribution in [0.5, 0.6) is 0 Å². The van der Waals surface area contributed by atoms with Crippen molar-refractivity contribution in [2.75, 3.05) is 19.8 Å². The quantitative estimate of drug-likeness (QED) is 0.0385. The largest absolute Gasteiger partial charge is 0.457 e. The highest BCUT2D eigenvalue weighted by atomic mass is 16.6. The fourth-order valence-electron chi connectivity index (χ4n) is 6.21. The first-order valence-electron chi connectivity index (χ1n) is 22.5. The van der Waals surface area contributed by atoms with Crippen LogP contribution in [0.4, 0.5) is 0 Å². The van der Waals surface area contributed by atoms with E-state index in [4.69, 9.17) is 9.47 Å². The third kappa shape index (κ3) is 44.1. The van der Waals surface area contributed by atoms with E-state index in [0.29, 0.717) is 13.0 Å². The first-order chi connectivity index (χ1) is 26.2. The number of aliphatic hydroxyl groups excluding tert-OH is 1. The van der Waals surface area contributed by atoms with E-state index in [-0.39, 0.29) is 19.2 Å². The molecule has 0 heterocycles. The fraction of sp³-hybridized carbons (Fsp3) is 0.735. The summed E-state index contributed by atoms with van der Waals surface area (Å²) in [5.41, 5.74) is 0. The summed E-state index contributed by atoms with van der Waals surface area (Å²) in [5.74, 6) is -0.208. The summed E-state index contributed by atoms with van der Waals surface area (Å²) in [7, 11) is 0. The molecular weight excluding hydrogens is 653 g/mol. The van der Waals surface area contributed by atoms with Gasteiger partial charge in [0.25, 0.3) is 0 Å². The lowest BCUT2D eigenvalue weighted by Gasteiger charge is -2.15. The molecule has 0 saturated carbocycles. The maximum Gasteiger partial charge on any atom is 0.306 e. The minimum Gasteiger partial charge on any atom is -0.457 e. The predicted octanol–water partition coefficient (Wildman–Crippen LogP) is 15.0. The molecule has 0 aromatic carbocycles. The van der Waals surface area contributed by atoms with Crippen LogP contribution in [0.1, 0.15) is 206 Å². The molecule has 0 spiro atoms. The molecule has 0 aromatic heterocycles. The Morgan fingerprint density at radius 3 is 1.28 bits per heavy atom. The third-order valence-corrected chi connectivity index (χ3v) is 9.55. The molecule has 0 aliphatic heterocycles. The molecule has 0 aliphatic rings. The van der Waals surface area contributed by atoms with E-state index in [1.165, 1.54) is 116 Å². The molecule has 1 unspecified atom stereocenters. The van der Waals surface area contributed by atoms with Crippen LogP contribution in [-0.4, -0.2) is 37.0 Å². The second-order valence-electron chi connectivity index (χ2n) is 14.7. The molecule has 0 rings (SSSR count). The molecule has 4 nitrogen and oxygen atoms in total. The van der Waals surface area contributed by atoms with Crippen LogP contribution in [0.25, 0.3) is 0 Å². The lowest BCUT2D eigenvalue weighted by molar-refractivity contribution is -0.154. The van der Waals surface area contributed by atoms with Gasteiger partial charge in [-0.15, -0.1) is 0 Å². The summed E-state index contributed by atoms with van der Waals surface area (Å²) < 4.78 is 11.2. The summed E-state index contributed by atoms with van der Waals surface area (Å²) in [6.45, 7) is 5.20. The van der Waals surface area contributed by atoms with Gasteiger partial charge in [0.2, 0.25) is 0 Å². The van der Waals surface area contributed by atoms with Gasteiger partial charge < -0.3 is 14.6 Å². The molecule has 306 valence electrons. The molecule has 1 atom stereocenters. The molecule has 0 bridgehead atoms. The Hall–Kier alpha value is -2.17. The van der Waals surface area contributed by atoms with Crippen molar-refractivity contribution in [2.24, 2.45) is 0 Å². The van der Waals surface area contributed by atoms with Crippen molar-refractivity contribution < 1.29 is 19.4 Å². The van der Waals surface area contributed by atoms with Gasteiger partial charge in [-0.3, -0.25) is 4.79 Å². The van der Waals surface area contributed by atoms with Gasteiger partial charge in [0.1, 0.15) is 6.10 Å². The lowest BCUT2D eigenvalue weighted by atomic mass is 10.0. The number of carbonyl (C=O) groups excluding carboxylic acids is 1. The number of unbranched alkanes of at least 4 members (excludes halogenated alkanes) is 21. The van der Waals surface area contributed by atoms with Crippen molar-refractivity contribution in [3.63, 3.8) is 0 Å². The normalized spacial score (nSPS) is 13.0. The van der Waals surface area contributed by atoms with Crippen LogP contribution >= 0.6 is 0 Å². The molecular formula is C49H86O4. The first-order valence-corrected chi connectivity index (χ1v) is 22.5. The van der Waals surface area contributed by atoms with Crippen LogP contribution < -0.4 is 0 Å². The van der Waals surface area contributed by atoms with Crippen LogP contribution in [-0.2, 0) is 14.3 Å². The zero-order valence-electron chi connectivity index (χ0n) is 35.0. The number of carbonyl (C=O) groups is 1. The fourth-order valence-corrected chi connectivity index (χ4v) is 6.21. The number of ether oxygens (including phenoxy) is 2. The SMILES string of the molecule is CC/C=C\C/C=C\C/C=C\C/C=C\C/C=C\C/C=C\CCCCCCCOCC(CO)OC(=O)CCCCCCCCCCCCCCCCCCC. The summed E-state index contributed by atoms with van der Waals surface area (Å²) in [6.07, 6.45) is 62.5. The van der Waals surface area contributed by atoms with Crippen LogP contribution in [0.15, 0.2) is 72.9 Å². The minimum atomic E-state index is -0.547. The molecule has 53 heavy (non-hydrogen) atoms. The highest BCUT2D eigenvalue weighted by Gasteiger charge is 2.13. The molecule has 1 N–H and O–H groups in total. The number of esters is 1. The molecule has 0 saturated heterocycles. The summed E-state index contributed by atoms with van der Waals surface area (Å²) in [5, 5.41) is 9.61. The van der Waals surface area contributed by atoms with Gasteiger partial charge in [0, 0.05) is 13.0 Å². The zero-order valence-corrected chi connectivity index (χ0v) is 35.0. The van der Waals surface area contributed by atoms with Crippen LogP contribution in [0.3, 0.4) is 0 Å². The van der Waals surface area contributed by atoms with Gasteiger partial charge in [-0.1, -0.05) is 209 Å². The standard InChI is InChI=1S/C49H86O4/c1-3-5-7-9-11-13-15-17-19-21-22-23-24-25-26-27-29-31-33-35-37-39-41-43-45-52-47-48(46-50)53-49(51)44-42-40-38-36-34-32-30-28-20-18-16-14-12-10-8-6-4-2/h5,7,11,13,17,19,22-23,25-26,29,31,48,50H,3-4,6,8-10,12,14-16,18,20-21,24,27-28,30,32-47H2,1-2H3/b7-5-,13-11-,19-17-,23-22-,26-25-,31-29-. The Morgan fingerprint density at radius 1 is 0.472 bits per heavy atom. The Morgan fingerprint density at radius 2 is 0.849 bits per heavy atom. The molecule has 0 aliphatic carbocycles. The predicted molar refractivity (Wildman–Crippen MR) is 232 cm³/mol. The summed E-state index contributed by atoms with van der Waals surface area (Å²) in [4.78, 5) is 12.2. The first kappa shape index (κ1) is 50.8. The van der Waals surface area contributed by atoms with Crippen molar-refractivity contribution in [3.8, 4) is 0 Å². The Kier molecular flexibility index (Phi) is 44.1. The molecule has 0 aromatic rings. The maximum absolute atomic E-state index is 12.2. The van der Waals surface area contributed by atoms with E-state index in [9.17, 15) is 9.90 Å². The van der Waals surface area contributed by atoms with Gasteiger partial charge >= 0.3 is 5.97 Å². The van der Waals surface area contributed by atoms with E-state index in [2.05, 4.69) is 86.8 Å². The zero-order chi connectivity index (χ0) is 38.4. The smallest absolute Gasteiger partial charge is 0.306 e. The summed E-state index contributed by atoms with van der Waals surface area (Å²) in [6, 6.07) is 0. The number of hydrogen-bond acceptors (Lipinski definition) is 4. The highest BCUT2D eigenvalue weighted by molar-refractivity contribution is 5.69. The van der Waals surface area contributed by atoms with Crippen molar-refractivity contribution in [1.82, 2.24) is 0 Å². The average molecular weight is 739 g/mol. The van der Waals surface area contributed by atoms with Crippen molar-refractivity contribution >= 4 is 5.97 Å². The second kappa shape index (κ2) is 46.0. The monoisotopic (exact) mass is 739 g/mol. The van der Waals surface area contributed by atoms with Crippen molar-refractivity contribution in [2.45, 2.75) is 213 Å². The highest BCUT2D eigenvalue weighted by Crippen LogP contribution is 2.15. The average Bonchev–Trinajstić information content (AvgIpc) is 3.16. The number of hydrogen-bond donors (Lipinski definition) is 1. The molecule has 0 radical (unpaired) electrons. The van der Waals surface area contributed by atoms with E-state index >= 15 is 0 Å². The van der Waals surface area contributed by atoms with E-state index in [1.54, 1.807) is 0 Å². The van der Waals surface area contributed by atoms with Gasteiger partial charge in [-0.05, 0) is 64.2 Å². The van der Waals surface area contributed by atoms with Gasteiger partial charge in [-0.25, -0.2) is 0 Å². The summed E-state index contributed by atoms with van der Waals surface area (Å²) >= 11 is 0. The Balaban J connectivity index is 3.50. The van der Waals surface area contributed by atoms with Gasteiger partial charge in [-0.2, -0.15) is 0 Å². The molecule has 0 amide bonds. The minimum absolute atomic E-state index is 0.181. The molecule has 0 fully saturated rings. The number of allylic oxidation sites excluding steroid dienone is 12. The topological polar surface area (TPSA) is 55.8 Å². The van der Waals surface area contributed by atoms with E-state index in [1.807, 2.05) is 0 Å². The van der Waals surface area contributed by atoms with Gasteiger partial charge in [0.05, 0.1) is 13.2 Å². The van der Waals surface area contributed by atoms with Gasteiger partial charge in [0.15, 0.2) is 0 Å². The van der Waals surface area contributed by atoms with Crippen LogP contribution in [0.2, 0.25) is 0 Å².